The lowest BCUT2D eigenvalue weighted by Gasteiger charge is -2.45. The molecule has 3 saturated heterocycles. The smallest absolute Gasteiger partial charge is 0.310 e. The molecular formula is C22H31NO5. The monoisotopic (exact) mass is 389 g/mol. The van der Waals surface area contributed by atoms with Gasteiger partial charge in [-0.05, 0) is 37.7 Å². The summed E-state index contributed by atoms with van der Waals surface area (Å²) in [6, 6.07) is 0.0282. The molecule has 6 heteroatoms. The molecular weight excluding hydrogens is 358 g/mol. The van der Waals surface area contributed by atoms with E-state index < -0.39 is 11.7 Å². The largest absolute Gasteiger partial charge is 0.460 e. The first-order valence-corrected chi connectivity index (χ1v) is 11.0. The number of carbonyl (C=O) groups excluding carboxylic acids is 2. The SMILES string of the molecule is CC[C@@H]1C2=C3N(CCCC2)[C@H]([C@@H]2C[C@H](C)C(=O)O2)CC32OC(=O)[C@@H](C)C2[C@@H]1O. The fraction of sp³-hybridized carbons (Fsp3) is 0.818. The number of aliphatic hydroxyl groups is 1. The van der Waals surface area contributed by atoms with Crippen molar-refractivity contribution in [3.05, 3.63) is 11.3 Å². The number of hydrogen-bond donors (Lipinski definition) is 1. The van der Waals surface area contributed by atoms with E-state index in [9.17, 15) is 14.7 Å². The Labute approximate surface area is 166 Å². The highest BCUT2D eigenvalue weighted by molar-refractivity contribution is 5.78. The number of carbonyl (C=O) groups is 2. The van der Waals surface area contributed by atoms with Crippen LogP contribution in [0.4, 0.5) is 0 Å². The van der Waals surface area contributed by atoms with Crippen LogP contribution >= 0.6 is 0 Å². The second kappa shape index (κ2) is 6.22. The van der Waals surface area contributed by atoms with Gasteiger partial charge in [-0.1, -0.05) is 20.8 Å². The van der Waals surface area contributed by atoms with E-state index in [1.165, 1.54) is 5.57 Å². The summed E-state index contributed by atoms with van der Waals surface area (Å²) in [5.41, 5.74) is 1.69. The molecule has 6 nitrogen and oxygen atoms in total. The topological polar surface area (TPSA) is 76.1 Å². The van der Waals surface area contributed by atoms with Crippen molar-refractivity contribution in [2.45, 2.75) is 83.1 Å². The van der Waals surface area contributed by atoms with Crippen LogP contribution in [-0.2, 0) is 19.1 Å². The minimum atomic E-state index is -0.746. The normalized spacial score (nSPS) is 47.6. The van der Waals surface area contributed by atoms with Crippen LogP contribution in [0, 0.1) is 23.7 Å². The van der Waals surface area contributed by atoms with Crippen molar-refractivity contribution in [3.8, 4) is 0 Å². The zero-order chi connectivity index (χ0) is 19.8. The number of esters is 2. The van der Waals surface area contributed by atoms with Gasteiger partial charge in [-0.3, -0.25) is 9.59 Å². The zero-order valence-corrected chi connectivity index (χ0v) is 17.0. The van der Waals surface area contributed by atoms with Crippen LogP contribution in [0.5, 0.6) is 0 Å². The number of cyclic esters (lactones) is 1. The third-order valence-electron chi connectivity index (χ3n) is 8.08. The van der Waals surface area contributed by atoms with Gasteiger partial charge in [0.15, 0.2) is 5.60 Å². The lowest BCUT2D eigenvalue weighted by Crippen LogP contribution is -2.51. The Balaban J connectivity index is 1.65. The number of aliphatic hydroxyl groups excluding tert-OH is 1. The summed E-state index contributed by atoms with van der Waals surface area (Å²) in [5.74, 6) is -0.860. The standard InChI is InChI=1S/C22H31NO5/c1-4-13-14-7-5-6-8-23-15(16-9-11(2)20(25)27-16)10-22(19(14)23)17(18(13)24)12(3)21(26)28-22/h11-13,15-18,24H,4-10H2,1-3H3/t11-,12-,13+,15-,16-,17?,18+,22?/m0/s1. The minimum absolute atomic E-state index is 0.0282. The Morgan fingerprint density at radius 3 is 2.68 bits per heavy atom. The maximum atomic E-state index is 12.7. The maximum absolute atomic E-state index is 12.7. The maximum Gasteiger partial charge on any atom is 0.310 e. The molecule has 0 bridgehead atoms. The van der Waals surface area contributed by atoms with E-state index >= 15 is 0 Å². The Bertz CT molecular complexity index is 747. The van der Waals surface area contributed by atoms with E-state index in [1.54, 1.807) is 0 Å². The first-order valence-electron chi connectivity index (χ1n) is 11.0. The number of rotatable bonds is 2. The average Bonchev–Trinajstić information content (AvgIpc) is 3.16. The summed E-state index contributed by atoms with van der Waals surface area (Å²) in [4.78, 5) is 27.2. The fourth-order valence-corrected chi connectivity index (χ4v) is 6.85. The van der Waals surface area contributed by atoms with Gasteiger partial charge in [0, 0.05) is 24.8 Å². The predicted octanol–water partition coefficient (Wildman–Crippen LogP) is 2.40. The second-order valence-corrected chi connectivity index (χ2v) is 9.54. The second-order valence-electron chi connectivity index (χ2n) is 9.54. The molecule has 2 unspecified atom stereocenters. The van der Waals surface area contributed by atoms with Crippen LogP contribution in [-0.4, -0.2) is 52.3 Å². The Morgan fingerprint density at radius 2 is 2.00 bits per heavy atom. The lowest BCUT2D eigenvalue weighted by molar-refractivity contribution is -0.150. The van der Waals surface area contributed by atoms with Crippen LogP contribution in [0.2, 0.25) is 0 Å². The quantitative estimate of drug-likeness (QED) is 0.731. The molecule has 0 aromatic rings. The zero-order valence-electron chi connectivity index (χ0n) is 17.0. The van der Waals surface area contributed by atoms with Gasteiger partial charge in [-0.15, -0.1) is 0 Å². The van der Waals surface area contributed by atoms with E-state index in [0.29, 0.717) is 12.8 Å². The van der Waals surface area contributed by atoms with Crippen molar-refractivity contribution in [2.24, 2.45) is 23.7 Å². The summed E-state index contributed by atoms with van der Waals surface area (Å²) in [6.07, 6.45) is 4.58. The Hall–Kier alpha value is -1.56. The number of hydrogen-bond acceptors (Lipinski definition) is 6. The molecule has 1 aliphatic carbocycles. The molecule has 0 aromatic heterocycles. The first-order chi connectivity index (χ1) is 13.4. The molecule has 1 N–H and O–H groups in total. The predicted molar refractivity (Wildman–Crippen MR) is 101 cm³/mol. The summed E-state index contributed by atoms with van der Waals surface area (Å²) >= 11 is 0. The van der Waals surface area contributed by atoms with Gasteiger partial charge in [0.1, 0.15) is 6.10 Å². The Kier molecular flexibility index (Phi) is 4.10. The fourth-order valence-electron chi connectivity index (χ4n) is 6.85. The van der Waals surface area contributed by atoms with Crippen LogP contribution in [0.1, 0.15) is 59.3 Å². The van der Waals surface area contributed by atoms with E-state index in [4.69, 9.17) is 9.47 Å². The average molecular weight is 389 g/mol. The Morgan fingerprint density at radius 1 is 1.21 bits per heavy atom. The summed E-state index contributed by atoms with van der Waals surface area (Å²) in [6.45, 7) is 6.85. The molecule has 0 saturated carbocycles. The molecule has 8 atom stereocenters. The molecule has 0 radical (unpaired) electrons. The molecule has 5 aliphatic rings. The van der Waals surface area contributed by atoms with Crippen molar-refractivity contribution < 1.29 is 24.2 Å². The third kappa shape index (κ3) is 2.24. The number of ether oxygens (including phenoxy) is 2. The highest BCUT2D eigenvalue weighted by Gasteiger charge is 2.69. The molecule has 0 amide bonds. The highest BCUT2D eigenvalue weighted by atomic mass is 16.6. The van der Waals surface area contributed by atoms with Crippen LogP contribution in [0.3, 0.4) is 0 Å². The van der Waals surface area contributed by atoms with Crippen molar-refractivity contribution in [1.29, 1.82) is 0 Å². The van der Waals surface area contributed by atoms with Gasteiger partial charge in [0.2, 0.25) is 0 Å². The lowest BCUT2D eigenvalue weighted by atomic mass is 9.64. The summed E-state index contributed by atoms with van der Waals surface area (Å²) in [5, 5.41) is 11.3. The highest BCUT2D eigenvalue weighted by Crippen LogP contribution is 2.61. The van der Waals surface area contributed by atoms with Gasteiger partial charge in [0.25, 0.3) is 0 Å². The molecule has 5 rings (SSSR count). The molecule has 3 fully saturated rings. The van der Waals surface area contributed by atoms with Crippen molar-refractivity contribution in [2.75, 3.05) is 6.54 Å². The van der Waals surface area contributed by atoms with Crippen LogP contribution in [0.15, 0.2) is 11.3 Å². The first kappa shape index (κ1) is 18.5. The van der Waals surface area contributed by atoms with E-state index in [1.807, 2.05) is 13.8 Å². The number of nitrogens with zero attached hydrogens (tertiary/aromatic N) is 1. The van der Waals surface area contributed by atoms with E-state index in [0.717, 1.165) is 37.9 Å². The van der Waals surface area contributed by atoms with Gasteiger partial charge in [0.05, 0.1) is 29.7 Å². The minimum Gasteiger partial charge on any atom is -0.460 e. The molecule has 28 heavy (non-hydrogen) atoms. The van der Waals surface area contributed by atoms with Gasteiger partial charge in [-0.2, -0.15) is 0 Å². The van der Waals surface area contributed by atoms with E-state index in [2.05, 4.69) is 11.8 Å². The van der Waals surface area contributed by atoms with Gasteiger partial charge >= 0.3 is 11.9 Å². The van der Waals surface area contributed by atoms with Crippen LogP contribution in [0.25, 0.3) is 0 Å². The summed E-state index contributed by atoms with van der Waals surface area (Å²) in [7, 11) is 0. The summed E-state index contributed by atoms with van der Waals surface area (Å²) < 4.78 is 11.9. The third-order valence-corrected chi connectivity index (χ3v) is 8.08. The van der Waals surface area contributed by atoms with Gasteiger partial charge < -0.3 is 19.5 Å². The van der Waals surface area contributed by atoms with Crippen molar-refractivity contribution in [1.82, 2.24) is 4.90 Å². The molecule has 4 aliphatic heterocycles. The van der Waals surface area contributed by atoms with Gasteiger partial charge in [-0.25, -0.2) is 0 Å². The van der Waals surface area contributed by atoms with Crippen molar-refractivity contribution in [3.63, 3.8) is 0 Å². The van der Waals surface area contributed by atoms with E-state index in [-0.39, 0.29) is 47.8 Å². The van der Waals surface area contributed by atoms with Crippen LogP contribution < -0.4 is 0 Å². The molecule has 4 heterocycles. The molecule has 1 spiro atoms. The molecule has 0 aromatic carbocycles. The van der Waals surface area contributed by atoms with Crippen molar-refractivity contribution >= 4 is 11.9 Å². The molecule has 154 valence electrons.